The van der Waals surface area contributed by atoms with Crippen molar-refractivity contribution < 1.29 is 9.59 Å². The van der Waals surface area contributed by atoms with Crippen LogP contribution in [0.1, 0.15) is 26.3 Å². The molecule has 0 bridgehead atoms. The SMILES string of the molecule is O=C(Nc1ccccc1C(=O)c1ccccc1)c1ccc(Cl)c(Cl)c1. The van der Waals surface area contributed by atoms with Gasteiger partial charge in [-0.25, -0.2) is 0 Å². The molecule has 3 aromatic carbocycles. The minimum atomic E-state index is -0.369. The highest BCUT2D eigenvalue weighted by Crippen LogP contribution is 2.24. The molecule has 25 heavy (non-hydrogen) atoms. The van der Waals surface area contributed by atoms with Crippen LogP contribution in [-0.4, -0.2) is 11.7 Å². The van der Waals surface area contributed by atoms with Crippen molar-refractivity contribution in [2.45, 2.75) is 0 Å². The molecule has 1 amide bonds. The minimum absolute atomic E-state index is 0.161. The fraction of sp³-hybridized carbons (Fsp3) is 0. The van der Waals surface area contributed by atoms with Crippen molar-refractivity contribution >= 4 is 40.6 Å². The molecule has 1 N–H and O–H groups in total. The lowest BCUT2D eigenvalue weighted by atomic mass is 10.0. The highest BCUT2D eigenvalue weighted by atomic mass is 35.5. The molecule has 0 unspecified atom stereocenters. The van der Waals surface area contributed by atoms with Crippen molar-refractivity contribution in [1.82, 2.24) is 0 Å². The maximum Gasteiger partial charge on any atom is 0.255 e. The summed E-state index contributed by atoms with van der Waals surface area (Å²) in [5.74, 6) is -0.530. The van der Waals surface area contributed by atoms with Gasteiger partial charge in [-0.3, -0.25) is 9.59 Å². The van der Waals surface area contributed by atoms with E-state index >= 15 is 0 Å². The van der Waals surface area contributed by atoms with Gasteiger partial charge in [-0.15, -0.1) is 0 Å². The van der Waals surface area contributed by atoms with E-state index in [9.17, 15) is 9.59 Å². The van der Waals surface area contributed by atoms with Gasteiger partial charge in [-0.2, -0.15) is 0 Å². The van der Waals surface area contributed by atoms with E-state index in [0.29, 0.717) is 32.4 Å². The standard InChI is InChI=1S/C20H13Cl2NO2/c21-16-11-10-14(12-17(16)22)20(25)23-18-9-5-4-8-15(18)19(24)13-6-2-1-3-7-13/h1-12H,(H,23,25). The Hall–Kier alpha value is -2.62. The van der Waals surface area contributed by atoms with Crippen molar-refractivity contribution in [3.8, 4) is 0 Å². The third-order valence-electron chi connectivity index (χ3n) is 3.64. The van der Waals surface area contributed by atoms with Gasteiger partial charge in [-0.1, -0.05) is 65.7 Å². The van der Waals surface area contributed by atoms with Crippen LogP contribution in [0.15, 0.2) is 72.8 Å². The van der Waals surface area contributed by atoms with Crippen LogP contribution < -0.4 is 5.32 Å². The Labute approximate surface area is 155 Å². The number of anilines is 1. The quantitative estimate of drug-likeness (QED) is 0.619. The molecule has 0 spiro atoms. The maximum absolute atomic E-state index is 12.7. The molecule has 0 radical (unpaired) electrons. The molecule has 5 heteroatoms. The lowest BCUT2D eigenvalue weighted by Gasteiger charge is -2.11. The first kappa shape index (κ1) is 17.2. The molecule has 0 saturated carbocycles. The van der Waals surface area contributed by atoms with E-state index < -0.39 is 0 Å². The van der Waals surface area contributed by atoms with Crippen LogP contribution in [-0.2, 0) is 0 Å². The third kappa shape index (κ3) is 3.90. The Bertz CT molecular complexity index is 939. The van der Waals surface area contributed by atoms with Crippen LogP contribution in [0.25, 0.3) is 0 Å². The van der Waals surface area contributed by atoms with Crippen LogP contribution in [0.4, 0.5) is 5.69 Å². The average molecular weight is 370 g/mol. The molecule has 0 fully saturated rings. The lowest BCUT2D eigenvalue weighted by molar-refractivity contribution is 0.102. The topological polar surface area (TPSA) is 46.2 Å². The van der Waals surface area contributed by atoms with Gasteiger partial charge in [0.25, 0.3) is 5.91 Å². The Morgan fingerprint density at radius 3 is 2.12 bits per heavy atom. The summed E-state index contributed by atoms with van der Waals surface area (Å²) in [7, 11) is 0. The molecule has 0 aliphatic rings. The van der Waals surface area contributed by atoms with E-state index in [4.69, 9.17) is 23.2 Å². The van der Waals surface area contributed by atoms with Gasteiger partial charge in [0.1, 0.15) is 0 Å². The van der Waals surface area contributed by atoms with Crippen molar-refractivity contribution in [1.29, 1.82) is 0 Å². The number of carbonyl (C=O) groups is 2. The first-order valence-electron chi connectivity index (χ1n) is 7.51. The molecule has 0 aromatic heterocycles. The molecular weight excluding hydrogens is 357 g/mol. The first-order valence-corrected chi connectivity index (χ1v) is 8.27. The first-order chi connectivity index (χ1) is 12.1. The second-order valence-corrected chi connectivity index (χ2v) is 6.14. The summed E-state index contributed by atoms with van der Waals surface area (Å²) < 4.78 is 0. The molecule has 3 aromatic rings. The highest BCUT2D eigenvalue weighted by molar-refractivity contribution is 6.42. The maximum atomic E-state index is 12.7. The average Bonchev–Trinajstić information content (AvgIpc) is 2.64. The normalized spacial score (nSPS) is 10.3. The number of hydrogen-bond acceptors (Lipinski definition) is 2. The highest BCUT2D eigenvalue weighted by Gasteiger charge is 2.16. The molecular formula is C20H13Cl2NO2. The Morgan fingerprint density at radius 2 is 1.40 bits per heavy atom. The number of amides is 1. The molecule has 0 saturated heterocycles. The Morgan fingerprint density at radius 1 is 0.720 bits per heavy atom. The third-order valence-corrected chi connectivity index (χ3v) is 4.38. The van der Waals surface area contributed by atoms with E-state index in [2.05, 4.69) is 5.32 Å². The number of rotatable bonds is 4. The van der Waals surface area contributed by atoms with Crippen molar-refractivity contribution in [3.05, 3.63) is 99.5 Å². The summed E-state index contributed by atoms with van der Waals surface area (Å²) >= 11 is 11.8. The second-order valence-electron chi connectivity index (χ2n) is 5.32. The van der Waals surface area contributed by atoms with Gasteiger partial charge in [0.05, 0.1) is 15.7 Å². The van der Waals surface area contributed by atoms with Gasteiger partial charge in [0, 0.05) is 16.7 Å². The van der Waals surface area contributed by atoms with Crippen molar-refractivity contribution in [2.75, 3.05) is 5.32 Å². The Kier molecular flexibility index (Phi) is 5.17. The predicted molar refractivity (Wildman–Crippen MR) is 101 cm³/mol. The second kappa shape index (κ2) is 7.51. The fourth-order valence-electron chi connectivity index (χ4n) is 2.37. The summed E-state index contributed by atoms with van der Waals surface area (Å²) in [5.41, 5.74) is 1.77. The van der Waals surface area contributed by atoms with E-state index in [1.54, 1.807) is 60.7 Å². The molecule has 0 aliphatic heterocycles. The number of para-hydroxylation sites is 1. The molecule has 124 valence electrons. The van der Waals surface area contributed by atoms with Gasteiger partial charge < -0.3 is 5.32 Å². The molecule has 0 heterocycles. The molecule has 3 rings (SSSR count). The fourth-order valence-corrected chi connectivity index (χ4v) is 2.67. The largest absolute Gasteiger partial charge is 0.321 e. The van der Waals surface area contributed by atoms with Gasteiger partial charge in [0.2, 0.25) is 0 Å². The summed E-state index contributed by atoms with van der Waals surface area (Å²) in [6.07, 6.45) is 0. The van der Waals surface area contributed by atoms with Gasteiger partial charge >= 0.3 is 0 Å². The predicted octanol–water partition coefficient (Wildman–Crippen LogP) is 5.48. The van der Waals surface area contributed by atoms with E-state index in [-0.39, 0.29) is 11.7 Å². The summed E-state index contributed by atoms with van der Waals surface area (Å²) in [5, 5.41) is 3.43. The lowest BCUT2D eigenvalue weighted by Crippen LogP contribution is -2.15. The summed E-state index contributed by atoms with van der Waals surface area (Å²) in [6, 6.07) is 20.4. The molecule has 0 aliphatic carbocycles. The van der Waals surface area contributed by atoms with Crippen LogP contribution in [0, 0.1) is 0 Å². The monoisotopic (exact) mass is 369 g/mol. The van der Waals surface area contributed by atoms with Gasteiger partial charge in [-0.05, 0) is 30.3 Å². The van der Waals surface area contributed by atoms with Crippen LogP contribution in [0.2, 0.25) is 10.0 Å². The van der Waals surface area contributed by atoms with Crippen LogP contribution in [0.5, 0.6) is 0 Å². The number of carbonyl (C=O) groups excluding carboxylic acids is 2. The summed E-state index contributed by atoms with van der Waals surface area (Å²) in [6.45, 7) is 0. The Balaban J connectivity index is 1.89. The number of nitrogens with one attached hydrogen (secondary N) is 1. The van der Waals surface area contributed by atoms with Crippen molar-refractivity contribution in [2.24, 2.45) is 0 Å². The smallest absolute Gasteiger partial charge is 0.255 e. The number of halogens is 2. The van der Waals surface area contributed by atoms with Crippen molar-refractivity contribution in [3.63, 3.8) is 0 Å². The zero-order valence-corrected chi connectivity index (χ0v) is 14.5. The van der Waals surface area contributed by atoms with E-state index in [1.165, 1.54) is 6.07 Å². The van der Waals surface area contributed by atoms with E-state index in [1.807, 2.05) is 6.07 Å². The van der Waals surface area contributed by atoms with Crippen LogP contribution in [0.3, 0.4) is 0 Å². The molecule has 0 atom stereocenters. The summed E-state index contributed by atoms with van der Waals surface area (Å²) in [4.78, 5) is 25.2. The number of ketones is 1. The molecule has 3 nitrogen and oxygen atoms in total. The van der Waals surface area contributed by atoms with Crippen LogP contribution >= 0.6 is 23.2 Å². The minimum Gasteiger partial charge on any atom is -0.321 e. The zero-order valence-electron chi connectivity index (χ0n) is 13.0. The number of hydrogen-bond donors (Lipinski definition) is 1. The van der Waals surface area contributed by atoms with Gasteiger partial charge in [0.15, 0.2) is 5.78 Å². The van der Waals surface area contributed by atoms with E-state index in [0.717, 1.165) is 0 Å². The number of benzene rings is 3. The zero-order chi connectivity index (χ0) is 17.8.